The van der Waals surface area contributed by atoms with Gasteiger partial charge in [-0.1, -0.05) is 6.92 Å². The molecule has 2 aromatic rings. The number of nitrogens with one attached hydrogen (secondary N) is 1. The van der Waals surface area contributed by atoms with E-state index in [1.165, 1.54) is 24.2 Å². The van der Waals surface area contributed by atoms with Gasteiger partial charge in [-0.15, -0.1) is 0 Å². The van der Waals surface area contributed by atoms with Crippen LogP contribution >= 0.6 is 0 Å². The molecule has 116 valence electrons. The van der Waals surface area contributed by atoms with Crippen LogP contribution in [0, 0.1) is 0 Å². The van der Waals surface area contributed by atoms with E-state index in [1.54, 1.807) is 6.33 Å². The second kappa shape index (κ2) is 5.59. The Morgan fingerprint density at radius 2 is 2.00 bits per heavy atom. The number of anilines is 2. The van der Waals surface area contributed by atoms with E-state index in [1.807, 2.05) is 0 Å². The predicted molar refractivity (Wildman–Crippen MR) is 86.2 cm³/mol. The number of fused-ring (bicyclic) bond motifs is 1. The summed E-state index contributed by atoms with van der Waals surface area (Å²) in [5.41, 5.74) is 3.54. The van der Waals surface area contributed by atoms with E-state index >= 15 is 0 Å². The van der Waals surface area contributed by atoms with Gasteiger partial charge in [0.25, 0.3) is 0 Å². The lowest BCUT2D eigenvalue weighted by atomic mass is 10.1. The molecule has 6 nitrogen and oxygen atoms in total. The standard InChI is InChI=1S/C16H22N6/c1-2-12-9-15(20-16(19-12)21-6-3-4-7-21)22-8-5-13-14(10-22)18-11-17-13/h9,11H,2-8,10H2,1H3,(H,17,18). The maximum absolute atomic E-state index is 4.85. The number of nitrogens with zero attached hydrogens (tertiary/aromatic N) is 5. The van der Waals surface area contributed by atoms with Crippen molar-refractivity contribution in [2.75, 3.05) is 29.4 Å². The molecule has 0 aromatic carbocycles. The monoisotopic (exact) mass is 298 g/mol. The molecule has 2 aliphatic rings. The van der Waals surface area contributed by atoms with Gasteiger partial charge in [0.2, 0.25) is 5.95 Å². The van der Waals surface area contributed by atoms with Crippen LogP contribution in [0.15, 0.2) is 12.4 Å². The van der Waals surface area contributed by atoms with Crippen LogP contribution in [0.1, 0.15) is 36.8 Å². The van der Waals surface area contributed by atoms with Crippen molar-refractivity contribution >= 4 is 11.8 Å². The Morgan fingerprint density at radius 3 is 2.82 bits per heavy atom. The van der Waals surface area contributed by atoms with Crippen molar-refractivity contribution < 1.29 is 0 Å². The summed E-state index contributed by atoms with van der Waals surface area (Å²) in [6.07, 6.45) is 6.21. The highest BCUT2D eigenvalue weighted by atomic mass is 15.3. The van der Waals surface area contributed by atoms with E-state index in [0.29, 0.717) is 0 Å². The van der Waals surface area contributed by atoms with Crippen molar-refractivity contribution in [2.45, 2.75) is 39.2 Å². The van der Waals surface area contributed by atoms with Crippen LogP contribution in [-0.4, -0.2) is 39.6 Å². The molecule has 0 unspecified atom stereocenters. The Hall–Kier alpha value is -2.11. The lowest BCUT2D eigenvalue weighted by Crippen LogP contribution is -2.32. The minimum Gasteiger partial charge on any atom is -0.350 e. The molecule has 2 aliphatic heterocycles. The largest absolute Gasteiger partial charge is 0.350 e. The Labute approximate surface area is 130 Å². The van der Waals surface area contributed by atoms with Crippen molar-refractivity contribution in [3.05, 3.63) is 29.5 Å². The third-order valence-electron chi connectivity index (χ3n) is 4.60. The summed E-state index contributed by atoms with van der Waals surface area (Å²) >= 11 is 0. The number of rotatable bonds is 3. The maximum atomic E-state index is 4.85. The number of aromatic amines is 1. The number of H-pyrrole nitrogens is 1. The molecular weight excluding hydrogens is 276 g/mol. The van der Waals surface area contributed by atoms with Crippen LogP contribution in [0.5, 0.6) is 0 Å². The first kappa shape index (κ1) is 13.5. The summed E-state index contributed by atoms with van der Waals surface area (Å²) in [4.78, 5) is 21.9. The molecule has 1 N–H and O–H groups in total. The third kappa shape index (κ3) is 2.42. The zero-order chi connectivity index (χ0) is 14.9. The molecule has 1 fully saturated rings. The van der Waals surface area contributed by atoms with Crippen LogP contribution in [0.25, 0.3) is 0 Å². The highest BCUT2D eigenvalue weighted by Gasteiger charge is 2.22. The van der Waals surface area contributed by atoms with Gasteiger partial charge in [0.05, 0.1) is 24.3 Å². The average molecular weight is 298 g/mol. The molecule has 2 aromatic heterocycles. The molecule has 0 saturated carbocycles. The van der Waals surface area contributed by atoms with E-state index < -0.39 is 0 Å². The molecule has 0 radical (unpaired) electrons. The van der Waals surface area contributed by atoms with Crippen LogP contribution in [0.2, 0.25) is 0 Å². The van der Waals surface area contributed by atoms with Crippen LogP contribution in [-0.2, 0) is 19.4 Å². The van der Waals surface area contributed by atoms with Gasteiger partial charge in [-0.05, 0) is 19.3 Å². The van der Waals surface area contributed by atoms with Gasteiger partial charge in [0.15, 0.2) is 0 Å². The third-order valence-corrected chi connectivity index (χ3v) is 4.60. The molecule has 0 amide bonds. The fraction of sp³-hybridized carbons (Fsp3) is 0.562. The SMILES string of the molecule is CCc1cc(N2CCc3nc[nH]c3C2)nc(N2CCCC2)n1. The summed E-state index contributed by atoms with van der Waals surface area (Å²) in [5.74, 6) is 1.95. The fourth-order valence-electron chi connectivity index (χ4n) is 3.28. The minimum absolute atomic E-state index is 0.856. The van der Waals surface area contributed by atoms with Crippen molar-refractivity contribution in [3.8, 4) is 0 Å². The van der Waals surface area contributed by atoms with Crippen LogP contribution in [0.4, 0.5) is 11.8 Å². The Kier molecular flexibility index (Phi) is 3.44. The lowest BCUT2D eigenvalue weighted by molar-refractivity contribution is 0.696. The summed E-state index contributed by atoms with van der Waals surface area (Å²) in [6.45, 7) is 6.14. The molecule has 4 heterocycles. The normalized spacial score (nSPS) is 17.9. The first-order chi connectivity index (χ1) is 10.8. The lowest BCUT2D eigenvalue weighted by Gasteiger charge is -2.28. The molecule has 0 aliphatic carbocycles. The molecule has 4 rings (SSSR count). The van der Waals surface area contributed by atoms with Gasteiger partial charge < -0.3 is 14.8 Å². The predicted octanol–water partition coefficient (Wildman–Crippen LogP) is 1.92. The van der Waals surface area contributed by atoms with Crippen molar-refractivity contribution in [1.82, 2.24) is 19.9 Å². The van der Waals surface area contributed by atoms with Crippen LogP contribution < -0.4 is 9.80 Å². The number of aromatic nitrogens is 4. The van der Waals surface area contributed by atoms with Gasteiger partial charge in [0.1, 0.15) is 5.82 Å². The zero-order valence-electron chi connectivity index (χ0n) is 13.0. The first-order valence-corrected chi connectivity index (χ1v) is 8.22. The zero-order valence-corrected chi connectivity index (χ0v) is 13.0. The minimum atomic E-state index is 0.856. The average Bonchev–Trinajstić information content (AvgIpc) is 3.24. The van der Waals surface area contributed by atoms with Gasteiger partial charge in [0, 0.05) is 37.8 Å². The van der Waals surface area contributed by atoms with Crippen molar-refractivity contribution in [3.63, 3.8) is 0 Å². The molecule has 0 bridgehead atoms. The van der Waals surface area contributed by atoms with Gasteiger partial charge in [-0.25, -0.2) is 9.97 Å². The summed E-state index contributed by atoms with van der Waals surface area (Å²) in [6, 6.07) is 2.14. The summed E-state index contributed by atoms with van der Waals surface area (Å²) in [5, 5.41) is 0. The number of hydrogen-bond donors (Lipinski definition) is 1. The van der Waals surface area contributed by atoms with Gasteiger partial charge >= 0.3 is 0 Å². The Morgan fingerprint density at radius 1 is 1.14 bits per heavy atom. The first-order valence-electron chi connectivity index (χ1n) is 8.22. The topological polar surface area (TPSA) is 60.9 Å². The quantitative estimate of drug-likeness (QED) is 0.938. The summed E-state index contributed by atoms with van der Waals surface area (Å²) < 4.78 is 0. The Balaban J connectivity index is 1.64. The van der Waals surface area contributed by atoms with Crippen LogP contribution in [0.3, 0.4) is 0 Å². The number of hydrogen-bond acceptors (Lipinski definition) is 5. The molecule has 6 heteroatoms. The van der Waals surface area contributed by atoms with E-state index in [4.69, 9.17) is 9.97 Å². The fourth-order valence-corrected chi connectivity index (χ4v) is 3.28. The van der Waals surface area contributed by atoms with Crippen molar-refractivity contribution in [2.24, 2.45) is 0 Å². The van der Waals surface area contributed by atoms with E-state index in [-0.39, 0.29) is 0 Å². The van der Waals surface area contributed by atoms with Gasteiger partial charge in [-0.2, -0.15) is 4.98 Å². The molecule has 0 spiro atoms. The second-order valence-electron chi connectivity index (χ2n) is 6.06. The molecule has 0 atom stereocenters. The highest BCUT2D eigenvalue weighted by molar-refractivity contribution is 5.48. The number of imidazole rings is 1. The highest BCUT2D eigenvalue weighted by Crippen LogP contribution is 2.25. The maximum Gasteiger partial charge on any atom is 0.227 e. The Bertz CT molecular complexity index is 658. The van der Waals surface area contributed by atoms with E-state index in [9.17, 15) is 0 Å². The van der Waals surface area contributed by atoms with E-state index in [2.05, 4.69) is 32.8 Å². The second-order valence-corrected chi connectivity index (χ2v) is 6.06. The van der Waals surface area contributed by atoms with Gasteiger partial charge in [-0.3, -0.25) is 0 Å². The van der Waals surface area contributed by atoms with E-state index in [0.717, 1.165) is 56.5 Å². The van der Waals surface area contributed by atoms with Crippen molar-refractivity contribution in [1.29, 1.82) is 0 Å². The molecular formula is C16H22N6. The molecule has 22 heavy (non-hydrogen) atoms. The number of aryl methyl sites for hydroxylation is 1. The summed E-state index contributed by atoms with van der Waals surface area (Å²) in [7, 11) is 0. The smallest absolute Gasteiger partial charge is 0.227 e. The molecule has 1 saturated heterocycles.